The lowest BCUT2D eigenvalue weighted by atomic mass is 9.90. The fraction of sp³-hybridized carbons (Fsp3) is 0.0833. The zero-order chi connectivity index (χ0) is 24.7. The van der Waals surface area contributed by atoms with Crippen LogP contribution in [0.25, 0.3) is 0 Å². The molecule has 0 atom stereocenters. The van der Waals surface area contributed by atoms with Crippen molar-refractivity contribution in [3.05, 3.63) is 106 Å². The summed E-state index contributed by atoms with van der Waals surface area (Å²) in [7, 11) is 0. The fourth-order valence-corrected chi connectivity index (χ4v) is 3.39. The summed E-state index contributed by atoms with van der Waals surface area (Å²) >= 11 is 0. The van der Waals surface area contributed by atoms with Crippen molar-refractivity contribution in [3.8, 4) is 0 Å². The summed E-state index contributed by atoms with van der Waals surface area (Å²) in [5, 5.41) is 5.37. The molecule has 2 N–H and O–H groups in total. The van der Waals surface area contributed by atoms with E-state index in [2.05, 4.69) is 10.6 Å². The van der Waals surface area contributed by atoms with Crippen LogP contribution in [-0.4, -0.2) is 11.6 Å². The molecule has 0 bridgehead atoms. The average molecular weight is 476 g/mol. The van der Waals surface area contributed by atoms with Gasteiger partial charge in [-0.25, -0.2) is 0 Å². The summed E-state index contributed by atoms with van der Waals surface area (Å²) in [6, 6.07) is 13.6. The highest BCUT2D eigenvalue weighted by atomic mass is 19.4. The van der Waals surface area contributed by atoms with E-state index in [0.717, 1.165) is 48.5 Å². The van der Waals surface area contributed by atoms with Crippen LogP contribution in [0.1, 0.15) is 31.8 Å². The molecule has 34 heavy (non-hydrogen) atoms. The second-order valence-electron chi connectivity index (χ2n) is 7.35. The zero-order valence-electron chi connectivity index (χ0n) is 17.0. The van der Waals surface area contributed by atoms with Crippen molar-refractivity contribution in [2.24, 2.45) is 0 Å². The van der Waals surface area contributed by atoms with E-state index >= 15 is 0 Å². The first-order valence-corrected chi connectivity index (χ1v) is 9.76. The third-order valence-corrected chi connectivity index (χ3v) is 5.08. The Hall–Kier alpha value is -4.08. The molecule has 0 heterocycles. The van der Waals surface area contributed by atoms with E-state index in [1.165, 1.54) is 12.1 Å². The number of rotatable bonds is 4. The number of anilines is 2. The average Bonchev–Trinajstić information content (AvgIpc) is 2.79. The minimum Gasteiger partial charge on any atom is -0.350 e. The first kappa shape index (κ1) is 23.1. The van der Waals surface area contributed by atoms with E-state index in [4.69, 9.17) is 0 Å². The monoisotopic (exact) mass is 476 g/mol. The number of fused-ring (bicyclic) bond motifs is 1. The van der Waals surface area contributed by atoms with Gasteiger partial charge in [-0.3, -0.25) is 9.59 Å². The SMILES string of the molecule is O=C1C(Nc2ccc(C(F)(F)F)cc2)=C(Nc2ccc(C(F)(F)F)cc2)C(=O)c2ccccc21. The molecule has 174 valence electrons. The fourth-order valence-electron chi connectivity index (χ4n) is 3.39. The van der Waals surface area contributed by atoms with Gasteiger partial charge in [0.2, 0.25) is 11.6 Å². The number of hydrogen-bond donors (Lipinski definition) is 2. The maximum Gasteiger partial charge on any atom is 0.416 e. The van der Waals surface area contributed by atoms with Crippen LogP contribution in [0.15, 0.2) is 84.2 Å². The maximum absolute atomic E-state index is 13.1. The largest absolute Gasteiger partial charge is 0.416 e. The summed E-state index contributed by atoms with van der Waals surface area (Å²) < 4.78 is 77.1. The summed E-state index contributed by atoms with van der Waals surface area (Å²) in [6.45, 7) is 0. The van der Waals surface area contributed by atoms with Crippen LogP contribution in [0.3, 0.4) is 0 Å². The number of hydrogen-bond acceptors (Lipinski definition) is 4. The van der Waals surface area contributed by atoms with Crippen LogP contribution in [0.5, 0.6) is 0 Å². The Balaban J connectivity index is 1.74. The molecule has 3 aromatic carbocycles. The molecular formula is C24H14F6N2O2. The predicted octanol–water partition coefficient (Wildman–Crippen LogP) is 6.54. The molecule has 0 amide bonds. The van der Waals surface area contributed by atoms with Crippen molar-refractivity contribution in [2.45, 2.75) is 12.4 Å². The van der Waals surface area contributed by atoms with Gasteiger partial charge < -0.3 is 10.6 Å². The van der Waals surface area contributed by atoms with Crippen molar-refractivity contribution < 1.29 is 35.9 Å². The van der Waals surface area contributed by atoms with Crippen molar-refractivity contribution in [2.75, 3.05) is 10.6 Å². The summed E-state index contributed by atoms with van der Waals surface area (Å²) in [5.74, 6) is -1.21. The first-order valence-electron chi connectivity index (χ1n) is 9.76. The number of allylic oxidation sites excluding steroid dienone is 2. The maximum atomic E-state index is 13.1. The van der Waals surface area contributed by atoms with Gasteiger partial charge in [0, 0.05) is 22.5 Å². The van der Waals surface area contributed by atoms with Gasteiger partial charge in [0.1, 0.15) is 11.4 Å². The standard InChI is InChI=1S/C24H14F6N2O2/c25-23(26,27)13-5-9-15(10-6-13)31-19-20(22(34)18-4-2-1-3-17(18)21(19)33)32-16-11-7-14(8-12-16)24(28,29)30/h1-12,31-32H. The van der Waals surface area contributed by atoms with Gasteiger partial charge in [0.15, 0.2) is 0 Å². The van der Waals surface area contributed by atoms with Gasteiger partial charge in [-0.15, -0.1) is 0 Å². The molecule has 4 nitrogen and oxygen atoms in total. The first-order chi connectivity index (χ1) is 15.9. The Kier molecular flexibility index (Phi) is 5.68. The molecule has 1 aliphatic rings. The number of halogens is 6. The molecule has 0 fully saturated rings. The minimum absolute atomic E-state index is 0.0832. The molecule has 0 saturated carbocycles. The molecule has 0 radical (unpaired) electrons. The second-order valence-corrected chi connectivity index (χ2v) is 7.35. The highest BCUT2D eigenvalue weighted by molar-refractivity contribution is 6.28. The van der Waals surface area contributed by atoms with Crippen molar-refractivity contribution >= 4 is 22.9 Å². The Morgan fingerprint density at radius 3 is 1.12 bits per heavy atom. The summed E-state index contributed by atoms with van der Waals surface area (Å²) in [6.07, 6.45) is -9.11. The van der Waals surface area contributed by atoms with E-state index in [1.807, 2.05) is 0 Å². The number of carbonyl (C=O) groups excluding carboxylic acids is 2. The van der Waals surface area contributed by atoms with Crippen LogP contribution in [0, 0.1) is 0 Å². The van der Waals surface area contributed by atoms with Gasteiger partial charge in [0.05, 0.1) is 11.1 Å². The Labute approximate surface area is 188 Å². The highest BCUT2D eigenvalue weighted by Gasteiger charge is 2.34. The van der Waals surface area contributed by atoms with Crippen LogP contribution in [-0.2, 0) is 12.4 Å². The van der Waals surface area contributed by atoms with Crippen molar-refractivity contribution in [1.29, 1.82) is 0 Å². The number of benzene rings is 3. The molecule has 4 rings (SSSR count). The van der Waals surface area contributed by atoms with E-state index in [0.29, 0.717) is 0 Å². The van der Waals surface area contributed by atoms with E-state index < -0.39 is 35.0 Å². The number of nitrogens with one attached hydrogen (secondary N) is 2. The van der Waals surface area contributed by atoms with Gasteiger partial charge in [-0.05, 0) is 48.5 Å². The molecule has 0 aromatic heterocycles. The van der Waals surface area contributed by atoms with Crippen molar-refractivity contribution in [1.82, 2.24) is 0 Å². The van der Waals surface area contributed by atoms with E-state index in [-0.39, 0.29) is 33.9 Å². The summed E-state index contributed by atoms with van der Waals surface area (Å²) in [4.78, 5) is 26.3. The number of alkyl halides is 6. The third-order valence-electron chi connectivity index (χ3n) is 5.08. The number of Topliss-reactive ketones (excluding diaryl/α,β-unsaturated/α-hetero) is 2. The van der Waals surface area contributed by atoms with E-state index in [1.54, 1.807) is 12.1 Å². The van der Waals surface area contributed by atoms with Gasteiger partial charge in [-0.2, -0.15) is 26.3 Å². The molecule has 3 aromatic rings. The smallest absolute Gasteiger partial charge is 0.350 e. The normalized spacial score (nSPS) is 14.2. The molecule has 0 unspecified atom stereocenters. The molecule has 1 aliphatic carbocycles. The quantitative estimate of drug-likeness (QED) is 0.420. The predicted molar refractivity (Wildman–Crippen MR) is 112 cm³/mol. The topological polar surface area (TPSA) is 58.2 Å². The molecule has 0 aliphatic heterocycles. The van der Waals surface area contributed by atoms with Gasteiger partial charge >= 0.3 is 12.4 Å². The lowest BCUT2D eigenvalue weighted by Crippen LogP contribution is -2.29. The van der Waals surface area contributed by atoms with Crippen LogP contribution in [0.2, 0.25) is 0 Å². The summed E-state index contributed by atoms with van der Waals surface area (Å²) in [5.41, 5.74) is -1.91. The van der Waals surface area contributed by atoms with E-state index in [9.17, 15) is 35.9 Å². The van der Waals surface area contributed by atoms with Gasteiger partial charge in [0.25, 0.3) is 0 Å². The number of ketones is 2. The Morgan fingerprint density at radius 2 is 0.824 bits per heavy atom. The molecule has 0 spiro atoms. The lowest BCUT2D eigenvalue weighted by Gasteiger charge is -2.23. The molecular weight excluding hydrogens is 462 g/mol. The van der Waals surface area contributed by atoms with Crippen molar-refractivity contribution in [3.63, 3.8) is 0 Å². The third kappa shape index (κ3) is 4.52. The molecule has 10 heteroatoms. The Bertz CT molecular complexity index is 1190. The zero-order valence-corrected chi connectivity index (χ0v) is 17.0. The highest BCUT2D eigenvalue weighted by Crippen LogP contribution is 2.33. The lowest BCUT2D eigenvalue weighted by molar-refractivity contribution is -0.138. The van der Waals surface area contributed by atoms with Crippen LogP contribution < -0.4 is 10.6 Å². The molecule has 0 saturated heterocycles. The van der Waals surface area contributed by atoms with Gasteiger partial charge in [-0.1, -0.05) is 24.3 Å². The van der Waals surface area contributed by atoms with Crippen LogP contribution >= 0.6 is 0 Å². The van der Waals surface area contributed by atoms with Crippen LogP contribution in [0.4, 0.5) is 37.7 Å². The minimum atomic E-state index is -4.55. The second kappa shape index (κ2) is 8.36. The number of carbonyl (C=O) groups is 2. The Morgan fingerprint density at radius 1 is 0.500 bits per heavy atom.